The standard InChI is InChI=1S/C16H18N4S/c17-10-16(12-3-4-12,19-13-5-6-13)11-20-8-7-18-15(20)14-2-1-9-21-14/h1-2,7-9,12-13,19H,3-6,11H2. The van der Waals surface area contributed by atoms with Gasteiger partial charge in [-0.3, -0.25) is 5.32 Å². The number of imidazole rings is 1. The number of nitrogens with one attached hydrogen (secondary N) is 1. The summed E-state index contributed by atoms with van der Waals surface area (Å²) in [7, 11) is 0. The van der Waals surface area contributed by atoms with Crippen LogP contribution in [0.2, 0.25) is 0 Å². The summed E-state index contributed by atoms with van der Waals surface area (Å²) in [5, 5.41) is 15.5. The molecule has 2 fully saturated rings. The minimum absolute atomic E-state index is 0.423. The van der Waals surface area contributed by atoms with Crippen LogP contribution in [0.3, 0.4) is 0 Å². The molecule has 0 aliphatic heterocycles. The number of rotatable bonds is 6. The molecule has 2 aromatic heterocycles. The van der Waals surface area contributed by atoms with Crippen LogP contribution < -0.4 is 5.32 Å². The van der Waals surface area contributed by atoms with Crippen LogP contribution in [0.4, 0.5) is 0 Å². The molecule has 5 heteroatoms. The monoisotopic (exact) mass is 298 g/mol. The highest BCUT2D eigenvalue weighted by molar-refractivity contribution is 7.13. The lowest BCUT2D eigenvalue weighted by Gasteiger charge is -2.29. The zero-order chi connectivity index (χ0) is 14.3. The van der Waals surface area contributed by atoms with Crippen molar-refractivity contribution in [3.8, 4) is 16.8 Å². The van der Waals surface area contributed by atoms with Crippen molar-refractivity contribution in [3.63, 3.8) is 0 Å². The van der Waals surface area contributed by atoms with Crippen LogP contribution >= 0.6 is 11.3 Å². The van der Waals surface area contributed by atoms with Crippen LogP contribution in [0, 0.1) is 17.2 Å². The molecule has 2 aliphatic carbocycles. The predicted octanol–water partition coefficient (Wildman–Crippen LogP) is 3.04. The first-order valence-corrected chi connectivity index (χ1v) is 8.43. The third-order valence-corrected chi connectivity index (χ3v) is 5.26. The molecule has 4 rings (SSSR count). The second-order valence-corrected chi connectivity index (χ2v) is 7.08. The second kappa shape index (κ2) is 4.97. The Labute approximate surface area is 128 Å². The SMILES string of the molecule is N#CC(Cn1ccnc1-c1cccs1)(NC1CC1)C1CC1. The average molecular weight is 298 g/mol. The summed E-state index contributed by atoms with van der Waals surface area (Å²) in [4.78, 5) is 5.65. The topological polar surface area (TPSA) is 53.6 Å². The van der Waals surface area contributed by atoms with E-state index in [9.17, 15) is 5.26 Å². The van der Waals surface area contributed by atoms with Gasteiger partial charge in [-0.05, 0) is 43.0 Å². The minimum atomic E-state index is -0.423. The minimum Gasteiger partial charge on any atom is -0.327 e. The quantitative estimate of drug-likeness (QED) is 0.892. The van der Waals surface area contributed by atoms with Gasteiger partial charge in [-0.1, -0.05) is 6.07 Å². The largest absolute Gasteiger partial charge is 0.327 e. The third-order valence-electron chi connectivity index (χ3n) is 4.39. The molecule has 0 amide bonds. The van der Waals surface area contributed by atoms with Gasteiger partial charge in [-0.25, -0.2) is 4.98 Å². The van der Waals surface area contributed by atoms with Crippen LogP contribution in [0.25, 0.3) is 10.7 Å². The molecule has 1 N–H and O–H groups in total. The maximum absolute atomic E-state index is 9.84. The smallest absolute Gasteiger partial charge is 0.150 e. The fourth-order valence-electron chi connectivity index (χ4n) is 2.96. The molecule has 21 heavy (non-hydrogen) atoms. The average Bonchev–Trinajstić information content (AvgIpc) is 3.40. The van der Waals surface area contributed by atoms with E-state index in [1.807, 2.05) is 18.5 Å². The Kier molecular flexibility index (Phi) is 3.09. The number of hydrogen-bond donors (Lipinski definition) is 1. The van der Waals surface area contributed by atoms with Crippen molar-refractivity contribution >= 4 is 11.3 Å². The lowest BCUT2D eigenvalue weighted by atomic mass is 9.94. The molecule has 108 valence electrons. The maximum Gasteiger partial charge on any atom is 0.150 e. The summed E-state index contributed by atoms with van der Waals surface area (Å²) in [6, 6.07) is 7.27. The van der Waals surface area contributed by atoms with Gasteiger partial charge in [0.15, 0.2) is 0 Å². The molecule has 1 unspecified atom stereocenters. The van der Waals surface area contributed by atoms with Crippen molar-refractivity contribution < 1.29 is 0 Å². The molecule has 0 radical (unpaired) electrons. The van der Waals surface area contributed by atoms with Crippen LogP contribution in [-0.4, -0.2) is 21.1 Å². The first-order valence-electron chi connectivity index (χ1n) is 7.55. The molecule has 1 atom stereocenters. The fraction of sp³-hybridized carbons (Fsp3) is 0.500. The van der Waals surface area contributed by atoms with Crippen molar-refractivity contribution in [1.82, 2.24) is 14.9 Å². The van der Waals surface area contributed by atoms with Crippen molar-refractivity contribution in [2.75, 3.05) is 0 Å². The first-order chi connectivity index (χ1) is 10.3. The summed E-state index contributed by atoms with van der Waals surface area (Å²) >= 11 is 1.69. The molecule has 2 saturated carbocycles. The van der Waals surface area contributed by atoms with Gasteiger partial charge in [0.25, 0.3) is 0 Å². The van der Waals surface area contributed by atoms with Gasteiger partial charge in [0.1, 0.15) is 11.4 Å². The summed E-state index contributed by atoms with van der Waals surface area (Å²) < 4.78 is 2.14. The van der Waals surface area contributed by atoms with Gasteiger partial charge >= 0.3 is 0 Å². The Bertz CT molecular complexity index is 661. The lowest BCUT2D eigenvalue weighted by molar-refractivity contribution is 0.316. The number of nitrogens with zero attached hydrogens (tertiary/aromatic N) is 3. The van der Waals surface area contributed by atoms with E-state index in [1.165, 1.54) is 12.8 Å². The first kappa shape index (κ1) is 13.1. The second-order valence-electron chi connectivity index (χ2n) is 6.13. The predicted molar refractivity (Wildman–Crippen MR) is 82.8 cm³/mol. The maximum atomic E-state index is 9.84. The molecular weight excluding hydrogens is 280 g/mol. The van der Waals surface area contributed by atoms with Gasteiger partial charge in [-0.2, -0.15) is 5.26 Å². The lowest BCUT2D eigenvalue weighted by Crippen LogP contribution is -2.50. The zero-order valence-electron chi connectivity index (χ0n) is 11.8. The Hall–Kier alpha value is -1.64. The highest BCUT2D eigenvalue weighted by Gasteiger charge is 2.48. The van der Waals surface area contributed by atoms with E-state index in [4.69, 9.17) is 0 Å². The summed E-state index contributed by atoms with van der Waals surface area (Å²) in [6.07, 6.45) is 8.57. The molecule has 4 nitrogen and oxygen atoms in total. The van der Waals surface area contributed by atoms with Crippen LogP contribution in [0.1, 0.15) is 25.7 Å². The molecule has 0 aromatic carbocycles. The summed E-state index contributed by atoms with van der Waals surface area (Å²) in [5.41, 5.74) is -0.423. The van der Waals surface area contributed by atoms with E-state index in [0.717, 1.165) is 23.5 Å². The van der Waals surface area contributed by atoms with E-state index < -0.39 is 5.54 Å². The number of aromatic nitrogens is 2. The van der Waals surface area contributed by atoms with Gasteiger partial charge in [0, 0.05) is 18.4 Å². The van der Waals surface area contributed by atoms with Crippen molar-refractivity contribution in [2.24, 2.45) is 5.92 Å². The molecular formula is C16H18N4S. The Balaban J connectivity index is 1.64. The van der Waals surface area contributed by atoms with Crippen molar-refractivity contribution in [2.45, 2.75) is 43.8 Å². The van der Waals surface area contributed by atoms with Crippen LogP contribution in [-0.2, 0) is 6.54 Å². The number of hydrogen-bond acceptors (Lipinski definition) is 4. The Morgan fingerprint density at radius 2 is 2.29 bits per heavy atom. The van der Waals surface area contributed by atoms with Crippen molar-refractivity contribution in [3.05, 3.63) is 29.9 Å². The molecule has 0 bridgehead atoms. The summed E-state index contributed by atoms with van der Waals surface area (Å²) in [6.45, 7) is 0.692. The van der Waals surface area contributed by atoms with Crippen molar-refractivity contribution in [1.29, 1.82) is 5.26 Å². The van der Waals surface area contributed by atoms with E-state index in [1.54, 1.807) is 11.3 Å². The molecule has 2 heterocycles. The number of thiophene rings is 1. The highest BCUT2D eigenvalue weighted by atomic mass is 32.1. The van der Waals surface area contributed by atoms with E-state index >= 15 is 0 Å². The molecule has 0 saturated heterocycles. The molecule has 2 aliphatic rings. The molecule has 2 aromatic rings. The van der Waals surface area contributed by atoms with E-state index in [-0.39, 0.29) is 0 Å². The normalized spacial score (nSPS) is 20.9. The van der Waals surface area contributed by atoms with Gasteiger partial charge in [-0.15, -0.1) is 11.3 Å². The number of nitriles is 1. The van der Waals surface area contributed by atoms with Crippen LogP contribution in [0.15, 0.2) is 29.9 Å². The van der Waals surface area contributed by atoms with E-state index in [2.05, 4.69) is 32.4 Å². The van der Waals surface area contributed by atoms with Gasteiger partial charge < -0.3 is 4.57 Å². The van der Waals surface area contributed by atoms with Crippen LogP contribution in [0.5, 0.6) is 0 Å². The molecule has 0 spiro atoms. The van der Waals surface area contributed by atoms with Gasteiger partial charge in [0.05, 0.1) is 17.5 Å². The van der Waals surface area contributed by atoms with E-state index in [0.29, 0.717) is 18.5 Å². The van der Waals surface area contributed by atoms with Gasteiger partial charge in [0.2, 0.25) is 0 Å². The Morgan fingerprint density at radius 1 is 1.43 bits per heavy atom. The highest BCUT2D eigenvalue weighted by Crippen LogP contribution is 2.42. The summed E-state index contributed by atoms with van der Waals surface area (Å²) in [5.74, 6) is 1.46. The fourth-order valence-corrected chi connectivity index (χ4v) is 3.69. The zero-order valence-corrected chi connectivity index (χ0v) is 12.6. The third kappa shape index (κ3) is 2.50. The Morgan fingerprint density at radius 3 is 2.90 bits per heavy atom.